The number of imidazole rings is 1. The zero-order chi connectivity index (χ0) is 15.7. The number of hydrogen-bond acceptors (Lipinski definition) is 2. The van der Waals surface area contributed by atoms with Crippen molar-refractivity contribution in [1.29, 1.82) is 0 Å². The Morgan fingerprint density at radius 3 is 2.64 bits per heavy atom. The number of carbonyl (C=O) groups excluding carboxylic acids is 1. The maximum Gasteiger partial charge on any atom is 0.230 e. The summed E-state index contributed by atoms with van der Waals surface area (Å²) >= 11 is 0. The number of pyridine rings is 1. The predicted octanol–water partition coefficient (Wildman–Crippen LogP) is 2.93. The van der Waals surface area contributed by atoms with Gasteiger partial charge in [-0.05, 0) is 12.1 Å². The Balaban J connectivity index is 1.79. The van der Waals surface area contributed by atoms with Crippen LogP contribution in [0.15, 0.2) is 42.7 Å². The van der Waals surface area contributed by atoms with Crippen molar-refractivity contribution in [3.8, 4) is 0 Å². The standard InChI is InChI=1S/C15H10F3N3O/c16-11-6-9(7-12(17)15(11)18)20-14(22)8-10-2-1-3-13-19-4-5-21(10)13/h1-7H,8H2,(H,20,22). The van der Waals surface area contributed by atoms with Crippen LogP contribution < -0.4 is 5.32 Å². The molecular formula is C15H10F3N3O. The van der Waals surface area contributed by atoms with Crippen LogP contribution in [0.3, 0.4) is 0 Å². The minimum atomic E-state index is -1.57. The van der Waals surface area contributed by atoms with Crippen LogP contribution in [-0.2, 0) is 11.2 Å². The molecule has 1 aromatic carbocycles. The average Bonchev–Trinajstić information content (AvgIpc) is 2.94. The van der Waals surface area contributed by atoms with Gasteiger partial charge in [-0.15, -0.1) is 0 Å². The summed E-state index contributed by atoms with van der Waals surface area (Å²) in [6.45, 7) is 0. The zero-order valence-electron chi connectivity index (χ0n) is 11.2. The second kappa shape index (κ2) is 5.51. The molecule has 0 unspecified atom stereocenters. The largest absolute Gasteiger partial charge is 0.326 e. The molecule has 22 heavy (non-hydrogen) atoms. The molecule has 0 atom stereocenters. The topological polar surface area (TPSA) is 46.4 Å². The maximum atomic E-state index is 13.1. The SMILES string of the molecule is O=C(Cc1cccc2nccn12)Nc1cc(F)c(F)c(F)c1. The molecular weight excluding hydrogens is 295 g/mol. The van der Waals surface area contributed by atoms with E-state index in [2.05, 4.69) is 10.3 Å². The molecule has 0 bridgehead atoms. The number of aromatic nitrogens is 2. The van der Waals surface area contributed by atoms with Gasteiger partial charge in [-0.3, -0.25) is 4.79 Å². The van der Waals surface area contributed by atoms with E-state index in [4.69, 9.17) is 0 Å². The number of halogens is 3. The summed E-state index contributed by atoms with van der Waals surface area (Å²) in [5, 5.41) is 2.34. The summed E-state index contributed by atoms with van der Waals surface area (Å²) in [6, 6.07) is 6.73. The van der Waals surface area contributed by atoms with Gasteiger partial charge in [0.1, 0.15) is 5.65 Å². The lowest BCUT2D eigenvalue weighted by Gasteiger charge is -2.08. The lowest BCUT2D eigenvalue weighted by atomic mass is 10.2. The first-order chi connectivity index (χ1) is 10.5. The van der Waals surface area contributed by atoms with Crippen LogP contribution in [0, 0.1) is 17.5 Å². The predicted molar refractivity (Wildman–Crippen MR) is 73.8 cm³/mol. The molecule has 4 nitrogen and oxygen atoms in total. The van der Waals surface area contributed by atoms with Gasteiger partial charge in [0.25, 0.3) is 0 Å². The summed E-state index contributed by atoms with van der Waals surface area (Å²) in [5.74, 6) is -4.76. The first-order valence-electron chi connectivity index (χ1n) is 6.40. The molecule has 2 aromatic heterocycles. The lowest BCUT2D eigenvalue weighted by molar-refractivity contribution is -0.115. The highest BCUT2D eigenvalue weighted by Gasteiger charge is 2.13. The monoisotopic (exact) mass is 305 g/mol. The van der Waals surface area contributed by atoms with Crippen LogP contribution >= 0.6 is 0 Å². The molecule has 0 aliphatic rings. The second-order valence-corrected chi connectivity index (χ2v) is 4.65. The highest BCUT2D eigenvalue weighted by atomic mass is 19.2. The minimum Gasteiger partial charge on any atom is -0.326 e. The molecule has 0 saturated carbocycles. The van der Waals surface area contributed by atoms with Crippen molar-refractivity contribution in [2.24, 2.45) is 0 Å². The van der Waals surface area contributed by atoms with E-state index in [1.807, 2.05) is 0 Å². The van der Waals surface area contributed by atoms with Crippen LogP contribution in [0.5, 0.6) is 0 Å². The van der Waals surface area contributed by atoms with Crippen molar-refractivity contribution in [3.05, 3.63) is 65.9 Å². The minimum absolute atomic E-state index is 0.0195. The van der Waals surface area contributed by atoms with Crippen molar-refractivity contribution in [2.75, 3.05) is 5.32 Å². The summed E-state index contributed by atoms with van der Waals surface area (Å²) in [6.07, 6.45) is 3.28. The number of nitrogens with one attached hydrogen (secondary N) is 1. The molecule has 112 valence electrons. The second-order valence-electron chi connectivity index (χ2n) is 4.65. The van der Waals surface area contributed by atoms with Crippen LogP contribution in [0.1, 0.15) is 5.69 Å². The maximum absolute atomic E-state index is 13.1. The van der Waals surface area contributed by atoms with E-state index in [9.17, 15) is 18.0 Å². The number of nitrogens with zero attached hydrogens (tertiary/aromatic N) is 2. The number of anilines is 1. The molecule has 3 aromatic rings. The van der Waals surface area contributed by atoms with Crippen molar-refractivity contribution in [1.82, 2.24) is 9.38 Å². The molecule has 2 heterocycles. The van der Waals surface area contributed by atoms with E-state index in [1.54, 1.807) is 35.0 Å². The van der Waals surface area contributed by atoms with Crippen molar-refractivity contribution < 1.29 is 18.0 Å². The Labute approximate surface area is 123 Å². The van der Waals surface area contributed by atoms with Crippen molar-refractivity contribution >= 4 is 17.2 Å². The fourth-order valence-electron chi connectivity index (χ4n) is 2.15. The van der Waals surface area contributed by atoms with E-state index in [-0.39, 0.29) is 12.1 Å². The summed E-state index contributed by atoms with van der Waals surface area (Å²) in [4.78, 5) is 16.1. The number of hydrogen-bond donors (Lipinski definition) is 1. The van der Waals surface area contributed by atoms with Crippen molar-refractivity contribution in [2.45, 2.75) is 6.42 Å². The van der Waals surface area contributed by atoms with Crippen LogP contribution in [0.25, 0.3) is 5.65 Å². The molecule has 0 radical (unpaired) electrons. The highest BCUT2D eigenvalue weighted by Crippen LogP contribution is 2.17. The Hall–Kier alpha value is -2.83. The number of benzene rings is 1. The third-order valence-electron chi connectivity index (χ3n) is 3.12. The van der Waals surface area contributed by atoms with Gasteiger partial charge >= 0.3 is 0 Å². The summed E-state index contributed by atoms with van der Waals surface area (Å²) in [7, 11) is 0. The van der Waals surface area contributed by atoms with E-state index in [0.29, 0.717) is 11.3 Å². The Morgan fingerprint density at radius 1 is 1.18 bits per heavy atom. The van der Waals surface area contributed by atoms with E-state index in [0.717, 1.165) is 12.1 Å². The van der Waals surface area contributed by atoms with E-state index in [1.165, 1.54) is 0 Å². The molecule has 7 heteroatoms. The Kier molecular flexibility index (Phi) is 3.54. The number of carbonyl (C=O) groups is 1. The first-order valence-corrected chi connectivity index (χ1v) is 6.40. The van der Waals surface area contributed by atoms with Crippen molar-refractivity contribution in [3.63, 3.8) is 0 Å². The molecule has 0 aliphatic carbocycles. The molecule has 0 aliphatic heterocycles. The number of rotatable bonds is 3. The summed E-state index contributed by atoms with van der Waals surface area (Å²) < 4.78 is 40.8. The van der Waals surface area contributed by atoms with Gasteiger partial charge in [0, 0.05) is 35.9 Å². The van der Waals surface area contributed by atoms with Gasteiger partial charge in [0.05, 0.1) is 6.42 Å². The Bertz CT molecular complexity index is 837. The van der Waals surface area contributed by atoms with Crippen LogP contribution in [0.2, 0.25) is 0 Å². The third kappa shape index (κ3) is 2.65. The third-order valence-corrected chi connectivity index (χ3v) is 3.12. The fraction of sp³-hybridized carbons (Fsp3) is 0.0667. The summed E-state index contributed by atoms with van der Waals surface area (Å²) in [5.41, 5.74) is 1.21. The smallest absolute Gasteiger partial charge is 0.230 e. The number of amides is 1. The average molecular weight is 305 g/mol. The molecule has 0 fully saturated rings. The zero-order valence-corrected chi connectivity index (χ0v) is 11.2. The highest BCUT2D eigenvalue weighted by molar-refractivity contribution is 5.92. The fourth-order valence-corrected chi connectivity index (χ4v) is 2.15. The molecule has 0 saturated heterocycles. The van der Waals surface area contributed by atoms with Gasteiger partial charge in [0.15, 0.2) is 17.5 Å². The molecule has 1 N–H and O–H groups in total. The first kappa shape index (κ1) is 14.1. The lowest BCUT2D eigenvalue weighted by Crippen LogP contribution is -2.16. The number of fused-ring (bicyclic) bond motifs is 1. The van der Waals surface area contributed by atoms with Gasteiger partial charge in [0.2, 0.25) is 5.91 Å². The molecule has 3 rings (SSSR count). The Morgan fingerprint density at radius 2 is 1.91 bits per heavy atom. The van der Waals surface area contributed by atoms with E-state index < -0.39 is 23.4 Å². The van der Waals surface area contributed by atoms with E-state index >= 15 is 0 Å². The quantitative estimate of drug-likeness (QED) is 0.756. The van der Waals surface area contributed by atoms with Crippen LogP contribution in [0.4, 0.5) is 18.9 Å². The van der Waals surface area contributed by atoms with Gasteiger partial charge in [-0.25, -0.2) is 18.2 Å². The van der Waals surface area contributed by atoms with Gasteiger partial charge < -0.3 is 9.72 Å². The normalized spacial score (nSPS) is 10.9. The van der Waals surface area contributed by atoms with Crippen LogP contribution in [-0.4, -0.2) is 15.3 Å². The molecule has 1 amide bonds. The van der Waals surface area contributed by atoms with Gasteiger partial charge in [-0.2, -0.15) is 0 Å². The molecule has 0 spiro atoms. The van der Waals surface area contributed by atoms with Gasteiger partial charge in [-0.1, -0.05) is 6.07 Å².